The average molecular weight is 159 g/mol. The highest BCUT2D eigenvalue weighted by Gasteiger charge is 2.34. The second-order valence-corrected chi connectivity index (χ2v) is 4.30. The van der Waals surface area contributed by atoms with E-state index in [4.69, 9.17) is 0 Å². The van der Waals surface area contributed by atoms with E-state index in [-0.39, 0.29) is 5.41 Å². The zero-order valence-corrected chi connectivity index (χ0v) is 8.36. The van der Waals surface area contributed by atoms with E-state index in [9.17, 15) is 5.11 Å². The van der Waals surface area contributed by atoms with Crippen LogP contribution in [0, 0.1) is 5.41 Å². The van der Waals surface area contributed by atoms with Crippen LogP contribution in [0.1, 0.15) is 34.6 Å². The van der Waals surface area contributed by atoms with E-state index in [0.29, 0.717) is 6.54 Å². The molecule has 2 heteroatoms. The van der Waals surface area contributed by atoms with Gasteiger partial charge in [-0.25, -0.2) is 0 Å². The van der Waals surface area contributed by atoms with Crippen molar-refractivity contribution < 1.29 is 5.11 Å². The fraction of sp³-hybridized carbons (Fsp3) is 1.00. The lowest BCUT2D eigenvalue weighted by Gasteiger charge is -2.37. The van der Waals surface area contributed by atoms with Gasteiger partial charge in [-0.3, -0.25) is 0 Å². The molecule has 0 rings (SSSR count). The number of aliphatic hydroxyl groups is 1. The van der Waals surface area contributed by atoms with Gasteiger partial charge < -0.3 is 10.4 Å². The maximum absolute atomic E-state index is 9.92. The molecule has 0 aromatic rings. The van der Waals surface area contributed by atoms with Crippen LogP contribution in [-0.4, -0.2) is 23.8 Å². The monoisotopic (exact) mass is 159 g/mol. The van der Waals surface area contributed by atoms with Crippen molar-refractivity contribution in [1.29, 1.82) is 0 Å². The van der Waals surface area contributed by atoms with Crippen molar-refractivity contribution in [3.63, 3.8) is 0 Å². The summed E-state index contributed by atoms with van der Waals surface area (Å²) in [5.41, 5.74) is -0.682. The molecular weight excluding hydrogens is 138 g/mol. The Morgan fingerprint density at radius 3 is 1.91 bits per heavy atom. The summed E-state index contributed by atoms with van der Waals surface area (Å²) in [6.45, 7) is 11.6. The molecule has 68 valence electrons. The Morgan fingerprint density at radius 2 is 1.64 bits per heavy atom. The van der Waals surface area contributed by atoms with Crippen molar-refractivity contribution in [2.75, 3.05) is 13.1 Å². The van der Waals surface area contributed by atoms with Gasteiger partial charge in [0.15, 0.2) is 0 Å². The first kappa shape index (κ1) is 10.9. The number of rotatable bonds is 3. The highest BCUT2D eigenvalue weighted by Crippen LogP contribution is 2.28. The molecule has 0 aliphatic heterocycles. The van der Waals surface area contributed by atoms with Crippen LogP contribution >= 0.6 is 0 Å². The standard InChI is InChI=1S/C9H21NO/c1-6-10-7-9(5,11)8(2,3)4/h10-11H,6-7H2,1-5H3. The van der Waals surface area contributed by atoms with Crippen LogP contribution in [-0.2, 0) is 0 Å². The fourth-order valence-corrected chi connectivity index (χ4v) is 0.634. The van der Waals surface area contributed by atoms with Gasteiger partial charge in [0.1, 0.15) is 0 Å². The molecule has 1 unspecified atom stereocenters. The Morgan fingerprint density at radius 1 is 1.18 bits per heavy atom. The summed E-state index contributed by atoms with van der Waals surface area (Å²) in [5.74, 6) is 0. The van der Waals surface area contributed by atoms with E-state index in [1.54, 1.807) is 0 Å². The molecule has 0 aromatic heterocycles. The summed E-state index contributed by atoms with van der Waals surface area (Å²) in [7, 11) is 0. The third-order valence-corrected chi connectivity index (χ3v) is 2.33. The highest BCUT2D eigenvalue weighted by molar-refractivity contribution is 4.87. The van der Waals surface area contributed by atoms with Crippen LogP contribution in [0.2, 0.25) is 0 Å². The average Bonchev–Trinajstić information content (AvgIpc) is 1.81. The van der Waals surface area contributed by atoms with Crippen molar-refractivity contribution in [3.05, 3.63) is 0 Å². The number of nitrogens with one attached hydrogen (secondary N) is 1. The van der Waals surface area contributed by atoms with Gasteiger partial charge in [-0.2, -0.15) is 0 Å². The van der Waals surface area contributed by atoms with Gasteiger partial charge in [-0.05, 0) is 18.9 Å². The highest BCUT2D eigenvalue weighted by atomic mass is 16.3. The van der Waals surface area contributed by atoms with Gasteiger partial charge in [-0.15, -0.1) is 0 Å². The van der Waals surface area contributed by atoms with Crippen LogP contribution in [0.25, 0.3) is 0 Å². The quantitative estimate of drug-likeness (QED) is 0.652. The van der Waals surface area contributed by atoms with Gasteiger partial charge in [0, 0.05) is 6.54 Å². The number of hydrogen-bond acceptors (Lipinski definition) is 2. The summed E-state index contributed by atoms with van der Waals surface area (Å²) < 4.78 is 0. The second-order valence-electron chi connectivity index (χ2n) is 4.30. The Hall–Kier alpha value is -0.0800. The maximum Gasteiger partial charge on any atom is 0.0791 e. The van der Waals surface area contributed by atoms with E-state index >= 15 is 0 Å². The zero-order valence-electron chi connectivity index (χ0n) is 8.36. The predicted molar refractivity (Wildman–Crippen MR) is 48.6 cm³/mol. The van der Waals surface area contributed by atoms with Gasteiger partial charge in [0.05, 0.1) is 5.60 Å². The predicted octanol–water partition coefficient (Wildman–Crippen LogP) is 1.39. The molecular formula is C9H21NO. The minimum absolute atomic E-state index is 0.0603. The molecule has 0 spiro atoms. The Balaban J connectivity index is 4.00. The summed E-state index contributed by atoms with van der Waals surface area (Å²) >= 11 is 0. The first-order valence-electron chi connectivity index (χ1n) is 4.24. The molecule has 0 saturated carbocycles. The minimum Gasteiger partial charge on any atom is -0.388 e. The van der Waals surface area contributed by atoms with Crippen molar-refractivity contribution in [1.82, 2.24) is 5.32 Å². The zero-order chi connectivity index (χ0) is 9.12. The van der Waals surface area contributed by atoms with Crippen molar-refractivity contribution in [2.45, 2.75) is 40.2 Å². The molecule has 2 N–H and O–H groups in total. The van der Waals surface area contributed by atoms with Crippen LogP contribution in [0.5, 0.6) is 0 Å². The smallest absolute Gasteiger partial charge is 0.0791 e. The third-order valence-electron chi connectivity index (χ3n) is 2.33. The lowest BCUT2D eigenvalue weighted by Crippen LogP contribution is -2.48. The Labute approximate surface area is 70.0 Å². The first-order valence-corrected chi connectivity index (χ1v) is 4.24. The van der Waals surface area contributed by atoms with Crippen LogP contribution < -0.4 is 5.32 Å². The molecule has 0 fully saturated rings. The van der Waals surface area contributed by atoms with Gasteiger partial charge in [0.25, 0.3) is 0 Å². The number of likely N-dealkylation sites (N-methyl/N-ethyl adjacent to an activating group) is 1. The van der Waals surface area contributed by atoms with Crippen molar-refractivity contribution >= 4 is 0 Å². The SMILES string of the molecule is CCNCC(C)(O)C(C)(C)C. The molecule has 0 aliphatic carbocycles. The number of hydrogen-bond donors (Lipinski definition) is 2. The van der Waals surface area contributed by atoms with Crippen molar-refractivity contribution in [2.24, 2.45) is 5.41 Å². The van der Waals surface area contributed by atoms with Crippen LogP contribution in [0.15, 0.2) is 0 Å². The summed E-state index contributed by atoms with van der Waals surface area (Å²) in [5, 5.41) is 13.1. The van der Waals surface area contributed by atoms with Crippen LogP contribution in [0.3, 0.4) is 0 Å². The molecule has 0 bridgehead atoms. The lowest BCUT2D eigenvalue weighted by molar-refractivity contribution is -0.0390. The largest absolute Gasteiger partial charge is 0.388 e. The lowest BCUT2D eigenvalue weighted by atomic mass is 9.78. The van der Waals surface area contributed by atoms with E-state index in [1.165, 1.54) is 0 Å². The van der Waals surface area contributed by atoms with E-state index in [1.807, 2.05) is 34.6 Å². The molecule has 0 radical (unpaired) electrons. The van der Waals surface area contributed by atoms with Crippen molar-refractivity contribution in [3.8, 4) is 0 Å². The molecule has 0 saturated heterocycles. The van der Waals surface area contributed by atoms with E-state index < -0.39 is 5.60 Å². The minimum atomic E-state index is -0.622. The maximum atomic E-state index is 9.92. The molecule has 0 aromatic carbocycles. The third kappa shape index (κ3) is 3.21. The second kappa shape index (κ2) is 3.55. The molecule has 0 amide bonds. The molecule has 11 heavy (non-hydrogen) atoms. The topological polar surface area (TPSA) is 32.3 Å². The Bertz CT molecular complexity index is 113. The van der Waals surface area contributed by atoms with E-state index in [2.05, 4.69) is 5.32 Å². The summed E-state index contributed by atoms with van der Waals surface area (Å²) in [6, 6.07) is 0. The molecule has 0 aliphatic rings. The summed E-state index contributed by atoms with van der Waals surface area (Å²) in [4.78, 5) is 0. The molecule has 2 nitrogen and oxygen atoms in total. The van der Waals surface area contributed by atoms with Crippen LogP contribution in [0.4, 0.5) is 0 Å². The van der Waals surface area contributed by atoms with Gasteiger partial charge in [-0.1, -0.05) is 27.7 Å². The van der Waals surface area contributed by atoms with Gasteiger partial charge >= 0.3 is 0 Å². The fourth-order valence-electron chi connectivity index (χ4n) is 0.634. The first-order chi connectivity index (χ1) is 4.81. The Kier molecular flexibility index (Phi) is 3.52. The van der Waals surface area contributed by atoms with Gasteiger partial charge in [0.2, 0.25) is 0 Å². The normalized spacial score (nSPS) is 18.0. The molecule has 1 atom stereocenters. The summed E-state index contributed by atoms with van der Waals surface area (Å²) in [6.07, 6.45) is 0. The molecule has 0 heterocycles. The van der Waals surface area contributed by atoms with E-state index in [0.717, 1.165) is 6.54 Å².